The Kier molecular flexibility index (Phi) is 5.82. The topological polar surface area (TPSA) is 41.1 Å². The van der Waals surface area contributed by atoms with Crippen molar-refractivity contribution in [1.82, 2.24) is 10.6 Å². The fourth-order valence-electron chi connectivity index (χ4n) is 1.33. The number of hydrogen-bond acceptors (Lipinski definition) is 3. The van der Waals surface area contributed by atoms with Crippen molar-refractivity contribution < 1.29 is 4.79 Å². The first-order valence-corrected chi connectivity index (χ1v) is 6.75. The van der Waals surface area contributed by atoms with Crippen molar-refractivity contribution in [3.05, 3.63) is 28.8 Å². The number of carbonyl (C=O) groups is 1. The van der Waals surface area contributed by atoms with Crippen molar-refractivity contribution in [3.63, 3.8) is 0 Å². The number of amides is 1. The molecule has 17 heavy (non-hydrogen) atoms. The molecule has 0 fully saturated rings. The number of rotatable bonds is 5. The van der Waals surface area contributed by atoms with E-state index in [9.17, 15) is 4.79 Å². The Hall–Kier alpha value is -0.710. The third kappa shape index (κ3) is 4.22. The second-order valence-corrected chi connectivity index (χ2v) is 5.11. The number of hydrogen-bond donors (Lipinski definition) is 2. The molecule has 94 valence electrons. The first-order chi connectivity index (χ1) is 8.08. The van der Waals surface area contributed by atoms with E-state index in [1.807, 2.05) is 25.2 Å². The Labute approximate surface area is 111 Å². The molecule has 3 nitrogen and oxygen atoms in total. The Bertz CT molecular complexity index is 398. The van der Waals surface area contributed by atoms with E-state index < -0.39 is 0 Å². The minimum absolute atomic E-state index is 0.0128. The molecule has 1 aromatic carbocycles. The predicted molar refractivity (Wildman–Crippen MR) is 73.7 cm³/mol. The van der Waals surface area contributed by atoms with Gasteiger partial charge in [-0.05, 0) is 31.7 Å². The Morgan fingerprint density at radius 1 is 1.47 bits per heavy atom. The fourth-order valence-corrected chi connectivity index (χ4v) is 2.54. The summed E-state index contributed by atoms with van der Waals surface area (Å²) in [4.78, 5) is 12.1. The smallest absolute Gasteiger partial charge is 0.230 e. The minimum atomic E-state index is 0.0128. The van der Waals surface area contributed by atoms with Gasteiger partial charge in [-0.1, -0.05) is 17.7 Å². The van der Waals surface area contributed by atoms with Gasteiger partial charge in [0, 0.05) is 23.0 Å². The maximum absolute atomic E-state index is 11.1. The Balaban J connectivity index is 2.72. The molecule has 0 radical (unpaired) electrons. The molecule has 1 unspecified atom stereocenters. The summed E-state index contributed by atoms with van der Waals surface area (Å²) in [5, 5.41) is 6.46. The quantitative estimate of drug-likeness (QED) is 0.809. The molecule has 0 bridgehead atoms. The standard InChI is InChI=1S/C12H17ClN2OS/c1-8(14-2)10-5-4-9(6-11(10)13)17-7-12(16)15-3/h4-6,8,14H,7H2,1-3H3,(H,15,16). The van der Waals surface area contributed by atoms with Crippen LogP contribution in [-0.2, 0) is 4.79 Å². The van der Waals surface area contributed by atoms with Crippen LogP contribution in [-0.4, -0.2) is 25.8 Å². The van der Waals surface area contributed by atoms with Crippen LogP contribution in [0, 0.1) is 0 Å². The molecular weight excluding hydrogens is 256 g/mol. The molecule has 2 N–H and O–H groups in total. The van der Waals surface area contributed by atoms with Crippen LogP contribution >= 0.6 is 23.4 Å². The Morgan fingerprint density at radius 2 is 2.18 bits per heavy atom. The van der Waals surface area contributed by atoms with Gasteiger partial charge in [0.05, 0.1) is 5.75 Å². The second kappa shape index (κ2) is 6.89. The number of halogens is 1. The maximum atomic E-state index is 11.1. The van der Waals surface area contributed by atoms with E-state index in [4.69, 9.17) is 11.6 Å². The zero-order valence-electron chi connectivity index (χ0n) is 10.2. The van der Waals surface area contributed by atoms with Crippen molar-refractivity contribution in [1.29, 1.82) is 0 Å². The van der Waals surface area contributed by atoms with Gasteiger partial charge in [-0.25, -0.2) is 0 Å². The van der Waals surface area contributed by atoms with E-state index in [0.29, 0.717) is 5.75 Å². The summed E-state index contributed by atoms with van der Waals surface area (Å²) < 4.78 is 0. The second-order valence-electron chi connectivity index (χ2n) is 3.66. The van der Waals surface area contributed by atoms with Crippen LogP contribution in [0.2, 0.25) is 5.02 Å². The molecule has 0 aromatic heterocycles. The lowest BCUT2D eigenvalue weighted by Crippen LogP contribution is -2.19. The third-order valence-corrected chi connectivity index (χ3v) is 3.84. The van der Waals surface area contributed by atoms with Crippen LogP contribution in [0.3, 0.4) is 0 Å². The van der Waals surface area contributed by atoms with Crippen LogP contribution < -0.4 is 10.6 Å². The van der Waals surface area contributed by atoms with E-state index in [1.165, 1.54) is 11.8 Å². The third-order valence-electron chi connectivity index (χ3n) is 2.52. The van der Waals surface area contributed by atoms with E-state index in [-0.39, 0.29) is 11.9 Å². The first kappa shape index (κ1) is 14.4. The zero-order valence-corrected chi connectivity index (χ0v) is 11.8. The van der Waals surface area contributed by atoms with Gasteiger partial charge in [-0.2, -0.15) is 0 Å². The normalized spacial score (nSPS) is 12.2. The minimum Gasteiger partial charge on any atom is -0.358 e. The molecule has 0 aliphatic carbocycles. The van der Waals surface area contributed by atoms with Gasteiger partial charge in [-0.3, -0.25) is 4.79 Å². The highest BCUT2D eigenvalue weighted by Crippen LogP contribution is 2.28. The van der Waals surface area contributed by atoms with E-state index >= 15 is 0 Å². The van der Waals surface area contributed by atoms with Crippen molar-refractivity contribution in [2.45, 2.75) is 17.9 Å². The van der Waals surface area contributed by atoms with Crippen LogP contribution in [0.1, 0.15) is 18.5 Å². The summed E-state index contributed by atoms with van der Waals surface area (Å²) in [5.41, 5.74) is 1.07. The summed E-state index contributed by atoms with van der Waals surface area (Å²) in [6.07, 6.45) is 0. The number of thioether (sulfide) groups is 1. The average Bonchev–Trinajstić information content (AvgIpc) is 2.35. The number of carbonyl (C=O) groups excluding carboxylic acids is 1. The highest BCUT2D eigenvalue weighted by atomic mass is 35.5. The van der Waals surface area contributed by atoms with Crippen molar-refractivity contribution in [3.8, 4) is 0 Å². The van der Waals surface area contributed by atoms with Gasteiger partial charge >= 0.3 is 0 Å². The average molecular weight is 273 g/mol. The van der Waals surface area contributed by atoms with Crippen LogP contribution in [0.25, 0.3) is 0 Å². The molecule has 0 spiro atoms. The van der Waals surface area contributed by atoms with Gasteiger partial charge in [0.2, 0.25) is 5.91 Å². The molecule has 5 heteroatoms. The van der Waals surface area contributed by atoms with Crippen LogP contribution in [0.5, 0.6) is 0 Å². The van der Waals surface area contributed by atoms with Gasteiger partial charge in [-0.15, -0.1) is 11.8 Å². The van der Waals surface area contributed by atoms with E-state index in [0.717, 1.165) is 15.5 Å². The van der Waals surface area contributed by atoms with Gasteiger partial charge < -0.3 is 10.6 Å². The lowest BCUT2D eigenvalue weighted by Gasteiger charge is -2.13. The summed E-state index contributed by atoms with van der Waals surface area (Å²) in [7, 11) is 3.53. The molecule has 1 aromatic rings. The fraction of sp³-hybridized carbons (Fsp3) is 0.417. The van der Waals surface area contributed by atoms with Gasteiger partial charge in [0.15, 0.2) is 0 Å². The van der Waals surface area contributed by atoms with Crippen molar-refractivity contribution >= 4 is 29.3 Å². The number of nitrogens with one attached hydrogen (secondary N) is 2. The summed E-state index contributed by atoms with van der Waals surface area (Å²) >= 11 is 7.68. The lowest BCUT2D eigenvalue weighted by molar-refractivity contribution is -0.118. The molecule has 0 saturated carbocycles. The molecule has 0 saturated heterocycles. The summed E-state index contributed by atoms with van der Waals surface area (Å²) in [6.45, 7) is 2.05. The van der Waals surface area contributed by atoms with Crippen molar-refractivity contribution in [2.24, 2.45) is 0 Å². The van der Waals surface area contributed by atoms with Crippen LogP contribution in [0.4, 0.5) is 0 Å². The highest BCUT2D eigenvalue weighted by molar-refractivity contribution is 8.00. The predicted octanol–water partition coefficient (Wildman–Crippen LogP) is 2.46. The zero-order chi connectivity index (χ0) is 12.8. The number of benzene rings is 1. The summed E-state index contributed by atoms with van der Waals surface area (Å²) in [5.74, 6) is 0.423. The first-order valence-electron chi connectivity index (χ1n) is 5.38. The molecule has 0 aliphatic heterocycles. The van der Waals surface area contributed by atoms with Crippen LogP contribution in [0.15, 0.2) is 23.1 Å². The molecular formula is C12H17ClN2OS. The van der Waals surface area contributed by atoms with E-state index in [1.54, 1.807) is 7.05 Å². The maximum Gasteiger partial charge on any atom is 0.230 e. The molecule has 1 amide bonds. The molecule has 0 aliphatic rings. The Morgan fingerprint density at radius 3 is 2.71 bits per heavy atom. The summed E-state index contributed by atoms with van der Waals surface area (Å²) in [6, 6.07) is 6.11. The van der Waals surface area contributed by atoms with Gasteiger partial charge in [0.1, 0.15) is 0 Å². The largest absolute Gasteiger partial charge is 0.358 e. The SMILES string of the molecule is CNC(=O)CSc1ccc(C(C)NC)c(Cl)c1. The lowest BCUT2D eigenvalue weighted by atomic mass is 10.1. The molecule has 1 atom stereocenters. The van der Waals surface area contributed by atoms with Gasteiger partial charge in [0.25, 0.3) is 0 Å². The monoisotopic (exact) mass is 272 g/mol. The van der Waals surface area contributed by atoms with E-state index in [2.05, 4.69) is 17.6 Å². The molecule has 0 heterocycles. The highest BCUT2D eigenvalue weighted by Gasteiger charge is 2.09. The molecule has 1 rings (SSSR count). The van der Waals surface area contributed by atoms with Crippen molar-refractivity contribution in [2.75, 3.05) is 19.8 Å².